The van der Waals surface area contributed by atoms with Crippen molar-refractivity contribution in [3.05, 3.63) is 24.8 Å². The maximum absolute atomic E-state index is 10.2. The Kier molecular flexibility index (Phi) is 6.35. The van der Waals surface area contributed by atoms with Gasteiger partial charge >= 0.3 is 0 Å². The molecule has 68 valence electrons. The zero-order valence-electron chi connectivity index (χ0n) is 7.99. The van der Waals surface area contributed by atoms with E-state index < -0.39 is 0 Å². The molecular weight excluding hydrogens is 148 g/mol. The largest absolute Gasteiger partial charge is 0.303 e. The molecule has 0 rings (SSSR count). The van der Waals surface area contributed by atoms with Gasteiger partial charge < -0.3 is 4.79 Å². The molecule has 0 heterocycles. The normalized spacial score (nSPS) is 15.8. The summed E-state index contributed by atoms with van der Waals surface area (Å²) < 4.78 is 0. The van der Waals surface area contributed by atoms with Gasteiger partial charge in [-0.2, -0.15) is 0 Å². The molecule has 0 fully saturated rings. The number of carbonyl (C=O) groups is 1. The van der Waals surface area contributed by atoms with E-state index in [0.717, 1.165) is 19.1 Å². The van der Waals surface area contributed by atoms with Gasteiger partial charge in [0.1, 0.15) is 6.29 Å². The standard InChI is InChI=1S/C11H18O/c1-4-10(2)7-5-6-8-11(3)9-12/h4-6,9-11H,1,7-8H2,2-3H3/b6-5+. The van der Waals surface area contributed by atoms with Gasteiger partial charge in [-0.25, -0.2) is 0 Å². The molecule has 0 N–H and O–H groups in total. The lowest BCUT2D eigenvalue weighted by Crippen LogP contribution is -1.92. The van der Waals surface area contributed by atoms with Gasteiger partial charge in [0.15, 0.2) is 0 Å². The van der Waals surface area contributed by atoms with Crippen LogP contribution in [0.5, 0.6) is 0 Å². The van der Waals surface area contributed by atoms with Gasteiger partial charge in [-0.3, -0.25) is 0 Å². The highest BCUT2D eigenvalue weighted by Gasteiger charge is 1.94. The topological polar surface area (TPSA) is 17.1 Å². The second kappa shape index (κ2) is 6.84. The number of allylic oxidation sites excluding steroid dienone is 3. The van der Waals surface area contributed by atoms with Crippen LogP contribution in [0.3, 0.4) is 0 Å². The third-order valence-corrected chi connectivity index (χ3v) is 1.82. The van der Waals surface area contributed by atoms with Gasteiger partial charge in [0.25, 0.3) is 0 Å². The molecular formula is C11H18O. The highest BCUT2D eigenvalue weighted by Crippen LogP contribution is 2.05. The lowest BCUT2D eigenvalue weighted by molar-refractivity contribution is -0.110. The average molecular weight is 166 g/mol. The monoisotopic (exact) mass is 166 g/mol. The maximum Gasteiger partial charge on any atom is 0.123 e. The molecule has 0 aliphatic rings. The van der Waals surface area contributed by atoms with Crippen molar-refractivity contribution in [2.75, 3.05) is 0 Å². The number of carbonyl (C=O) groups excluding carboxylic acids is 1. The smallest absolute Gasteiger partial charge is 0.123 e. The highest BCUT2D eigenvalue weighted by atomic mass is 16.1. The van der Waals surface area contributed by atoms with Gasteiger partial charge in [-0.1, -0.05) is 32.1 Å². The van der Waals surface area contributed by atoms with E-state index in [-0.39, 0.29) is 5.92 Å². The highest BCUT2D eigenvalue weighted by molar-refractivity contribution is 5.52. The Bertz CT molecular complexity index is 140. The van der Waals surface area contributed by atoms with E-state index in [1.807, 2.05) is 13.0 Å². The summed E-state index contributed by atoms with van der Waals surface area (Å²) in [5, 5.41) is 0. The van der Waals surface area contributed by atoms with Crippen molar-refractivity contribution in [3.63, 3.8) is 0 Å². The molecule has 0 spiro atoms. The van der Waals surface area contributed by atoms with Crippen molar-refractivity contribution >= 4 is 6.29 Å². The van der Waals surface area contributed by atoms with Crippen LogP contribution in [-0.2, 0) is 4.79 Å². The fourth-order valence-corrected chi connectivity index (χ4v) is 0.774. The first-order valence-electron chi connectivity index (χ1n) is 4.43. The molecule has 0 aromatic rings. The average Bonchev–Trinajstić information content (AvgIpc) is 2.11. The second-order valence-corrected chi connectivity index (χ2v) is 3.27. The van der Waals surface area contributed by atoms with Crippen LogP contribution in [0, 0.1) is 11.8 Å². The van der Waals surface area contributed by atoms with Crippen LogP contribution in [0.15, 0.2) is 24.8 Å². The third kappa shape index (κ3) is 5.90. The van der Waals surface area contributed by atoms with E-state index in [1.165, 1.54) is 0 Å². The van der Waals surface area contributed by atoms with E-state index >= 15 is 0 Å². The Labute approximate surface area is 75.2 Å². The van der Waals surface area contributed by atoms with Crippen molar-refractivity contribution in [2.24, 2.45) is 11.8 Å². The summed E-state index contributed by atoms with van der Waals surface area (Å²) in [6.45, 7) is 7.75. The van der Waals surface area contributed by atoms with Gasteiger partial charge in [0.2, 0.25) is 0 Å². The molecule has 0 amide bonds. The molecule has 1 nitrogen and oxygen atoms in total. The first-order valence-corrected chi connectivity index (χ1v) is 4.43. The molecule has 0 saturated carbocycles. The zero-order valence-corrected chi connectivity index (χ0v) is 7.99. The Morgan fingerprint density at radius 3 is 2.08 bits per heavy atom. The van der Waals surface area contributed by atoms with Crippen molar-refractivity contribution in [2.45, 2.75) is 26.7 Å². The van der Waals surface area contributed by atoms with E-state index in [2.05, 4.69) is 25.7 Å². The van der Waals surface area contributed by atoms with Crippen LogP contribution in [0.4, 0.5) is 0 Å². The summed E-state index contributed by atoms with van der Waals surface area (Å²) in [6.07, 6.45) is 8.99. The summed E-state index contributed by atoms with van der Waals surface area (Å²) in [5.41, 5.74) is 0. The van der Waals surface area contributed by atoms with E-state index in [4.69, 9.17) is 0 Å². The number of hydrogen-bond donors (Lipinski definition) is 0. The lowest BCUT2D eigenvalue weighted by Gasteiger charge is -1.99. The lowest BCUT2D eigenvalue weighted by atomic mass is 10.1. The van der Waals surface area contributed by atoms with Crippen LogP contribution in [0.25, 0.3) is 0 Å². The van der Waals surface area contributed by atoms with Crippen LogP contribution >= 0.6 is 0 Å². The minimum Gasteiger partial charge on any atom is -0.303 e. The predicted molar refractivity (Wildman–Crippen MR) is 53.0 cm³/mol. The molecule has 12 heavy (non-hydrogen) atoms. The summed E-state index contributed by atoms with van der Waals surface area (Å²) >= 11 is 0. The zero-order chi connectivity index (χ0) is 9.40. The third-order valence-electron chi connectivity index (χ3n) is 1.82. The van der Waals surface area contributed by atoms with E-state index in [1.54, 1.807) is 0 Å². The minimum absolute atomic E-state index is 0.153. The Balaban J connectivity index is 3.49. The molecule has 0 aliphatic heterocycles. The van der Waals surface area contributed by atoms with E-state index in [0.29, 0.717) is 5.92 Å². The molecule has 0 aliphatic carbocycles. The van der Waals surface area contributed by atoms with Crippen LogP contribution < -0.4 is 0 Å². The first-order chi connectivity index (χ1) is 5.70. The second-order valence-electron chi connectivity index (χ2n) is 3.27. The molecule has 0 aromatic carbocycles. The summed E-state index contributed by atoms with van der Waals surface area (Å²) in [4.78, 5) is 10.2. The fourth-order valence-electron chi connectivity index (χ4n) is 0.774. The molecule has 0 saturated heterocycles. The number of aldehydes is 1. The quantitative estimate of drug-likeness (QED) is 0.438. The minimum atomic E-state index is 0.153. The van der Waals surface area contributed by atoms with Crippen molar-refractivity contribution in [1.29, 1.82) is 0 Å². The molecule has 0 radical (unpaired) electrons. The first kappa shape index (κ1) is 11.2. The molecule has 2 atom stereocenters. The van der Waals surface area contributed by atoms with Crippen LogP contribution in [-0.4, -0.2) is 6.29 Å². The van der Waals surface area contributed by atoms with Crippen molar-refractivity contribution in [3.8, 4) is 0 Å². The summed E-state index contributed by atoms with van der Waals surface area (Å²) in [5.74, 6) is 0.688. The number of hydrogen-bond acceptors (Lipinski definition) is 1. The molecule has 0 bridgehead atoms. The van der Waals surface area contributed by atoms with Crippen molar-refractivity contribution in [1.82, 2.24) is 0 Å². The van der Waals surface area contributed by atoms with Gasteiger partial charge in [-0.05, 0) is 18.8 Å². The Hall–Kier alpha value is -0.850. The van der Waals surface area contributed by atoms with Crippen LogP contribution in [0.2, 0.25) is 0 Å². The molecule has 2 unspecified atom stereocenters. The van der Waals surface area contributed by atoms with E-state index in [9.17, 15) is 4.79 Å². The predicted octanol–water partition coefficient (Wildman–Crippen LogP) is 2.98. The van der Waals surface area contributed by atoms with Gasteiger partial charge in [0.05, 0.1) is 0 Å². The van der Waals surface area contributed by atoms with Gasteiger partial charge in [-0.15, -0.1) is 6.58 Å². The summed E-state index contributed by atoms with van der Waals surface area (Å²) in [7, 11) is 0. The Morgan fingerprint density at radius 2 is 1.67 bits per heavy atom. The van der Waals surface area contributed by atoms with Crippen LogP contribution in [0.1, 0.15) is 26.7 Å². The maximum atomic E-state index is 10.2. The van der Waals surface area contributed by atoms with Crippen molar-refractivity contribution < 1.29 is 4.79 Å². The number of rotatable bonds is 6. The Morgan fingerprint density at radius 1 is 1.17 bits per heavy atom. The fraction of sp³-hybridized carbons (Fsp3) is 0.545. The molecule has 1 heteroatoms. The van der Waals surface area contributed by atoms with Gasteiger partial charge in [0, 0.05) is 5.92 Å². The SMILES string of the molecule is C=CC(C)C/C=C/CC(C)C=O. The molecule has 0 aromatic heterocycles. The summed E-state index contributed by atoms with van der Waals surface area (Å²) in [6, 6.07) is 0.